The number of esters is 1. The number of methoxy groups -OCH3 is 1. The number of nitrogens with one attached hydrogen (secondary N) is 2. The molecule has 5 rings (SSSR count). The van der Waals surface area contributed by atoms with Crippen LogP contribution in [0, 0.1) is 6.92 Å². The molecule has 1 saturated heterocycles. The second-order valence-corrected chi connectivity index (χ2v) is 9.21. The van der Waals surface area contributed by atoms with E-state index in [9.17, 15) is 9.59 Å². The number of ether oxygens (including phenoxy) is 2. The number of para-hydroxylation sites is 1. The molecule has 1 aliphatic rings. The normalized spacial score (nSPS) is 15.6. The van der Waals surface area contributed by atoms with Crippen molar-refractivity contribution in [2.75, 3.05) is 24.4 Å². The number of oxazole rings is 1. The number of nitrogens with zero attached hydrogens (tertiary/aromatic N) is 1. The molecule has 1 atom stereocenters. The summed E-state index contributed by atoms with van der Waals surface area (Å²) in [6.45, 7) is 2.49. The molecule has 1 fully saturated rings. The molecule has 0 radical (unpaired) electrons. The average Bonchev–Trinajstić information content (AvgIpc) is 3.16. The largest absolute Gasteiger partial charge is 0.494 e. The van der Waals surface area contributed by atoms with Crippen LogP contribution >= 0.6 is 0 Å². The van der Waals surface area contributed by atoms with E-state index in [1.165, 1.54) is 0 Å². The van der Waals surface area contributed by atoms with E-state index in [4.69, 9.17) is 13.9 Å². The lowest BCUT2D eigenvalue weighted by Crippen LogP contribution is -2.14. The van der Waals surface area contributed by atoms with Crippen molar-refractivity contribution in [3.63, 3.8) is 0 Å². The van der Waals surface area contributed by atoms with Gasteiger partial charge in [-0.3, -0.25) is 9.59 Å². The van der Waals surface area contributed by atoms with Gasteiger partial charge in [-0.05, 0) is 72.7 Å². The molecule has 1 amide bonds. The first kappa shape index (κ1) is 24.4. The predicted octanol–water partition coefficient (Wildman–Crippen LogP) is 5.88. The summed E-state index contributed by atoms with van der Waals surface area (Å²) < 4.78 is 16.6. The van der Waals surface area contributed by atoms with E-state index in [-0.39, 0.29) is 24.2 Å². The highest BCUT2D eigenvalue weighted by Gasteiger charge is 2.20. The van der Waals surface area contributed by atoms with Crippen LogP contribution in [0.25, 0.3) is 11.1 Å². The fraction of sp³-hybridized carbons (Fsp3) is 0.276. The molecule has 2 N–H and O–H groups in total. The van der Waals surface area contributed by atoms with E-state index >= 15 is 0 Å². The molecule has 1 unspecified atom stereocenters. The lowest BCUT2D eigenvalue weighted by atomic mass is 9.92. The standard InChI is InChI=1S/C29H29N3O5/c1-18-6-3-4-8-23(18)31-29-32-28-24(35-2)14-19(15-25(28)37-29)16-26(33)30-22-11-9-20(10-12-22)21-7-5-13-36-27(34)17-21/h3-4,6,8-12,14-15,21H,5,7,13,16-17H2,1-2H3,(H,30,33)(H,31,32). The van der Waals surface area contributed by atoms with Crippen LogP contribution in [0.5, 0.6) is 5.75 Å². The van der Waals surface area contributed by atoms with Crippen LogP contribution in [0.3, 0.4) is 0 Å². The number of amides is 1. The Balaban J connectivity index is 1.27. The molecule has 8 heteroatoms. The molecule has 190 valence electrons. The third-order valence-electron chi connectivity index (χ3n) is 6.53. The van der Waals surface area contributed by atoms with Crippen molar-refractivity contribution in [2.24, 2.45) is 0 Å². The first-order valence-electron chi connectivity index (χ1n) is 12.3. The maximum Gasteiger partial charge on any atom is 0.306 e. The Morgan fingerprint density at radius 1 is 1.14 bits per heavy atom. The molecule has 37 heavy (non-hydrogen) atoms. The first-order chi connectivity index (χ1) is 18.0. The number of cyclic esters (lactones) is 1. The summed E-state index contributed by atoms with van der Waals surface area (Å²) in [5.74, 6) is 0.362. The van der Waals surface area contributed by atoms with Gasteiger partial charge < -0.3 is 24.5 Å². The molecule has 0 bridgehead atoms. The number of benzene rings is 3. The van der Waals surface area contributed by atoms with Gasteiger partial charge >= 0.3 is 5.97 Å². The maximum atomic E-state index is 12.8. The van der Waals surface area contributed by atoms with Crippen molar-refractivity contribution in [1.29, 1.82) is 0 Å². The zero-order valence-corrected chi connectivity index (χ0v) is 20.9. The highest BCUT2D eigenvalue weighted by molar-refractivity contribution is 5.93. The van der Waals surface area contributed by atoms with Crippen LogP contribution in [0.15, 0.2) is 65.1 Å². The van der Waals surface area contributed by atoms with Gasteiger partial charge in [0.05, 0.1) is 26.6 Å². The summed E-state index contributed by atoms with van der Waals surface area (Å²) in [4.78, 5) is 29.1. The molecule has 2 heterocycles. The first-order valence-corrected chi connectivity index (χ1v) is 12.3. The van der Waals surface area contributed by atoms with Gasteiger partial charge in [-0.15, -0.1) is 0 Å². The molecule has 1 aliphatic heterocycles. The molecule has 3 aromatic carbocycles. The second-order valence-electron chi connectivity index (χ2n) is 9.21. The van der Waals surface area contributed by atoms with Gasteiger partial charge in [-0.1, -0.05) is 30.3 Å². The fourth-order valence-corrected chi connectivity index (χ4v) is 4.58. The molecule has 0 aliphatic carbocycles. The molecule has 8 nitrogen and oxygen atoms in total. The Kier molecular flexibility index (Phi) is 7.07. The van der Waals surface area contributed by atoms with Crippen molar-refractivity contribution in [3.05, 3.63) is 77.4 Å². The van der Waals surface area contributed by atoms with Gasteiger partial charge in [-0.25, -0.2) is 0 Å². The number of fused-ring (bicyclic) bond motifs is 1. The average molecular weight is 500 g/mol. The van der Waals surface area contributed by atoms with Crippen LogP contribution in [0.4, 0.5) is 17.4 Å². The third kappa shape index (κ3) is 5.74. The van der Waals surface area contributed by atoms with Crippen LogP contribution in [-0.2, 0) is 20.7 Å². The van der Waals surface area contributed by atoms with Crippen molar-refractivity contribution >= 4 is 40.4 Å². The fourth-order valence-electron chi connectivity index (χ4n) is 4.58. The Labute approximate surface area is 215 Å². The van der Waals surface area contributed by atoms with Gasteiger partial charge in [0.2, 0.25) is 5.91 Å². The van der Waals surface area contributed by atoms with Gasteiger partial charge in [0.25, 0.3) is 6.01 Å². The Bertz CT molecular complexity index is 1430. The highest BCUT2D eigenvalue weighted by atomic mass is 16.5. The van der Waals surface area contributed by atoms with Gasteiger partial charge in [0.1, 0.15) is 5.75 Å². The Morgan fingerprint density at radius 2 is 1.95 bits per heavy atom. The molecular formula is C29H29N3O5. The summed E-state index contributed by atoms with van der Waals surface area (Å²) >= 11 is 0. The van der Waals surface area contributed by atoms with Gasteiger partial charge in [0.15, 0.2) is 11.1 Å². The van der Waals surface area contributed by atoms with E-state index in [2.05, 4.69) is 15.6 Å². The minimum Gasteiger partial charge on any atom is -0.494 e. The Morgan fingerprint density at radius 3 is 2.73 bits per heavy atom. The zero-order chi connectivity index (χ0) is 25.8. The number of carbonyl (C=O) groups is 2. The topological polar surface area (TPSA) is 103 Å². The lowest BCUT2D eigenvalue weighted by molar-refractivity contribution is -0.142. The summed E-state index contributed by atoms with van der Waals surface area (Å²) in [7, 11) is 1.57. The zero-order valence-electron chi connectivity index (χ0n) is 20.9. The number of hydrogen-bond donors (Lipinski definition) is 2. The van der Waals surface area contributed by atoms with Crippen molar-refractivity contribution in [2.45, 2.75) is 38.5 Å². The quantitative estimate of drug-likeness (QED) is 0.306. The number of aryl methyl sites for hydroxylation is 1. The monoisotopic (exact) mass is 499 g/mol. The van der Waals surface area contributed by atoms with E-state index in [1.807, 2.05) is 61.5 Å². The lowest BCUT2D eigenvalue weighted by Gasteiger charge is -2.13. The van der Waals surface area contributed by atoms with Crippen LogP contribution < -0.4 is 15.4 Å². The maximum absolute atomic E-state index is 12.8. The summed E-state index contributed by atoms with van der Waals surface area (Å²) in [6, 6.07) is 19.5. The van der Waals surface area contributed by atoms with Crippen LogP contribution in [-0.4, -0.2) is 30.6 Å². The minimum absolute atomic E-state index is 0.143. The summed E-state index contributed by atoms with van der Waals surface area (Å²) in [5, 5.41) is 6.14. The van der Waals surface area contributed by atoms with E-state index < -0.39 is 0 Å². The van der Waals surface area contributed by atoms with Crippen LogP contribution in [0.2, 0.25) is 0 Å². The number of carbonyl (C=O) groups excluding carboxylic acids is 2. The number of hydrogen-bond acceptors (Lipinski definition) is 7. The van der Waals surface area contributed by atoms with Gasteiger partial charge in [0, 0.05) is 11.4 Å². The van der Waals surface area contributed by atoms with E-state index in [0.29, 0.717) is 41.6 Å². The Hall–Kier alpha value is -4.33. The summed E-state index contributed by atoms with van der Waals surface area (Å²) in [5.41, 5.74) is 5.60. The molecule has 0 saturated carbocycles. The number of anilines is 3. The predicted molar refractivity (Wildman–Crippen MR) is 141 cm³/mol. The van der Waals surface area contributed by atoms with E-state index in [0.717, 1.165) is 35.2 Å². The van der Waals surface area contributed by atoms with Crippen LogP contribution in [0.1, 0.15) is 41.9 Å². The van der Waals surface area contributed by atoms with Crippen molar-refractivity contribution in [3.8, 4) is 5.75 Å². The molecule has 4 aromatic rings. The highest BCUT2D eigenvalue weighted by Crippen LogP contribution is 2.32. The second kappa shape index (κ2) is 10.7. The molecule has 1 aromatic heterocycles. The molecule has 0 spiro atoms. The van der Waals surface area contributed by atoms with Crippen molar-refractivity contribution < 1.29 is 23.5 Å². The van der Waals surface area contributed by atoms with E-state index in [1.54, 1.807) is 13.2 Å². The smallest absolute Gasteiger partial charge is 0.306 e. The van der Waals surface area contributed by atoms with Crippen molar-refractivity contribution in [1.82, 2.24) is 4.98 Å². The molecular weight excluding hydrogens is 470 g/mol. The number of aromatic nitrogens is 1. The minimum atomic E-state index is -0.162. The van der Waals surface area contributed by atoms with Gasteiger partial charge in [-0.2, -0.15) is 4.98 Å². The summed E-state index contributed by atoms with van der Waals surface area (Å²) in [6.07, 6.45) is 2.30. The SMILES string of the molecule is COc1cc(CC(=O)Nc2ccc(C3CCCOC(=O)C3)cc2)cc2oc(Nc3ccccc3C)nc12. The number of rotatable bonds is 7. The third-order valence-corrected chi connectivity index (χ3v) is 6.53.